The first-order valence-electron chi connectivity index (χ1n) is 14.5. The highest BCUT2D eigenvalue weighted by Gasteiger charge is 2.30. The van der Waals surface area contributed by atoms with E-state index in [0.717, 1.165) is 69.8 Å². The molecule has 2 N–H and O–H groups in total. The maximum atomic E-state index is 12.9. The summed E-state index contributed by atoms with van der Waals surface area (Å²) in [6.45, 7) is 2.05. The molecular formula is C32H37N5O4S2. The van der Waals surface area contributed by atoms with Gasteiger partial charge in [-0.1, -0.05) is 60.2 Å². The smallest absolute Gasteiger partial charge is 0.230 e. The number of amides is 2. The molecule has 2 aromatic carbocycles. The molecule has 0 bridgehead atoms. The Morgan fingerprint density at radius 1 is 0.884 bits per heavy atom. The molecular weight excluding hydrogens is 583 g/mol. The Morgan fingerprint density at radius 2 is 1.51 bits per heavy atom. The van der Waals surface area contributed by atoms with E-state index >= 15 is 0 Å². The van der Waals surface area contributed by atoms with Crippen LogP contribution in [0.25, 0.3) is 0 Å². The Balaban J connectivity index is 1.18. The molecule has 2 aliphatic rings. The minimum Gasteiger partial charge on any atom is -0.497 e. The van der Waals surface area contributed by atoms with E-state index < -0.39 is 0 Å². The lowest BCUT2D eigenvalue weighted by Gasteiger charge is -2.25. The minimum atomic E-state index is -0.135. The van der Waals surface area contributed by atoms with Crippen LogP contribution in [0.4, 0.5) is 5.13 Å². The normalized spacial score (nSPS) is 20.3. The van der Waals surface area contributed by atoms with Crippen LogP contribution in [0.3, 0.4) is 0 Å². The summed E-state index contributed by atoms with van der Waals surface area (Å²) < 4.78 is 10.5. The Bertz CT molecular complexity index is 1500. The molecule has 3 atom stereocenters. The lowest BCUT2D eigenvalue weighted by Crippen LogP contribution is -2.28. The van der Waals surface area contributed by atoms with Crippen LogP contribution in [0.5, 0.6) is 11.5 Å². The highest BCUT2D eigenvalue weighted by molar-refractivity contribution is 8.17. The van der Waals surface area contributed by atoms with E-state index in [1.54, 1.807) is 26.0 Å². The second-order valence-corrected chi connectivity index (χ2v) is 12.9. The van der Waals surface area contributed by atoms with Gasteiger partial charge in [-0.05, 0) is 67.7 Å². The number of anilines is 1. The summed E-state index contributed by atoms with van der Waals surface area (Å²) in [6, 6.07) is 15.0. The fourth-order valence-corrected chi connectivity index (χ4v) is 7.59. The van der Waals surface area contributed by atoms with Gasteiger partial charge in [0.15, 0.2) is 0 Å². The number of ether oxygens (including phenoxy) is 2. The van der Waals surface area contributed by atoms with Crippen molar-refractivity contribution in [2.24, 2.45) is 10.9 Å². The monoisotopic (exact) mass is 619 g/mol. The molecule has 0 spiro atoms. The van der Waals surface area contributed by atoms with Crippen molar-refractivity contribution in [3.63, 3.8) is 0 Å². The summed E-state index contributed by atoms with van der Waals surface area (Å²) in [7, 11) is 3.23. The van der Waals surface area contributed by atoms with Crippen molar-refractivity contribution >= 4 is 45.1 Å². The van der Waals surface area contributed by atoms with Gasteiger partial charge in [0.1, 0.15) is 16.5 Å². The van der Waals surface area contributed by atoms with Gasteiger partial charge in [0.25, 0.3) is 0 Å². The highest BCUT2D eigenvalue weighted by Crippen LogP contribution is 2.41. The molecule has 3 unspecified atom stereocenters. The van der Waals surface area contributed by atoms with E-state index in [1.807, 2.05) is 61.5 Å². The molecule has 0 radical (unpaired) electrons. The second-order valence-electron chi connectivity index (χ2n) is 10.9. The number of methoxy groups -OCH3 is 2. The average Bonchev–Trinajstić information content (AvgIpc) is 3.30. The van der Waals surface area contributed by atoms with Crippen molar-refractivity contribution in [3.05, 3.63) is 75.8 Å². The van der Waals surface area contributed by atoms with Gasteiger partial charge in [0.2, 0.25) is 16.9 Å². The quantitative estimate of drug-likeness (QED) is 0.262. The number of nitrogens with one attached hydrogen (secondary N) is 2. The lowest BCUT2D eigenvalue weighted by atomic mass is 9.94. The van der Waals surface area contributed by atoms with Crippen molar-refractivity contribution in [1.29, 1.82) is 0 Å². The molecule has 0 saturated heterocycles. The number of benzene rings is 2. The summed E-state index contributed by atoms with van der Waals surface area (Å²) >= 11 is 3.02. The van der Waals surface area contributed by atoms with Crippen LogP contribution in [-0.4, -0.2) is 47.3 Å². The number of aliphatic imine (C=N–C) groups is 1. The topological polar surface area (TPSA) is 115 Å². The first-order valence-corrected chi connectivity index (χ1v) is 16.2. The Hall–Kier alpha value is -3.70. The van der Waals surface area contributed by atoms with Crippen molar-refractivity contribution in [2.75, 3.05) is 19.5 Å². The molecule has 226 valence electrons. The third-order valence-corrected chi connectivity index (χ3v) is 9.62. The van der Waals surface area contributed by atoms with Crippen LogP contribution in [0.1, 0.15) is 61.1 Å². The highest BCUT2D eigenvalue weighted by atomic mass is 32.2. The molecule has 43 heavy (non-hydrogen) atoms. The molecule has 1 fully saturated rings. The molecule has 1 aliphatic carbocycles. The van der Waals surface area contributed by atoms with E-state index in [-0.39, 0.29) is 42.5 Å². The van der Waals surface area contributed by atoms with Gasteiger partial charge in [-0.3, -0.25) is 14.6 Å². The van der Waals surface area contributed by atoms with E-state index in [4.69, 9.17) is 14.5 Å². The summed E-state index contributed by atoms with van der Waals surface area (Å²) in [5, 5.41) is 18.2. The number of thioether (sulfide) groups is 1. The van der Waals surface area contributed by atoms with E-state index in [2.05, 4.69) is 20.8 Å². The van der Waals surface area contributed by atoms with Gasteiger partial charge in [0, 0.05) is 11.8 Å². The van der Waals surface area contributed by atoms with Crippen molar-refractivity contribution in [1.82, 2.24) is 15.5 Å². The van der Waals surface area contributed by atoms with Crippen LogP contribution in [-0.2, 0) is 22.4 Å². The maximum absolute atomic E-state index is 12.9. The standard InChI is InChI=1S/C32H37N5O4S2/c1-20-14-29(34-27(38)17-21-8-6-12-25(15-21)40-2)42-30(33-20)23-10-4-5-11-24(19-23)31-36-37-32(43-31)35-28(39)18-22-9-7-13-26(16-22)41-3/h6-9,12-16,20,23-24H,4-5,10-11,17-19H2,1-3H3,(H,34,38)(H,35,37,39). The van der Waals surface area contributed by atoms with Crippen LogP contribution in [0.15, 0.2) is 64.6 Å². The Kier molecular flexibility index (Phi) is 10.5. The number of carbonyl (C=O) groups is 2. The minimum absolute atomic E-state index is 0.0157. The molecule has 1 saturated carbocycles. The predicted molar refractivity (Wildman–Crippen MR) is 172 cm³/mol. The summed E-state index contributed by atoms with van der Waals surface area (Å²) in [4.78, 5) is 30.5. The molecule has 11 heteroatoms. The zero-order valence-corrected chi connectivity index (χ0v) is 26.3. The Morgan fingerprint density at radius 3 is 2.16 bits per heavy atom. The molecule has 9 nitrogen and oxygen atoms in total. The molecule has 5 rings (SSSR count). The number of nitrogens with zero attached hydrogens (tertiary/aromatic N) is 3. The maximum Gasteiger partial charge on any atom is 0.230 e. The summed E-state index contributed by atoms with van der Waals surface area (Å²) in [5.41, 5.74) is 1.78. The fourth-order valence-electron chi connectivity index (χ4n) is 5.43. The summed E-state index contributed by atoms with van der Waals surface area (Å²) in [5.74, 6) is 1.78. The number of hydrogen-bond acceptors (Lipinski definition) is 9. The van der Waals surface area contributed by atoms with Crippen LogP contribution >= 0.6 is 23.1 Å². The van der Waals surface area contributed by atoms with Gasteiger partial charge in [-0.15, -0.1) is 10.2 Å². The van der Waals surface area contributed by atoms with Crippen molar-refractivity contribution in [3.8, 4) is 11.5 Å². The summed E-state index contributed by atoms with van der Waals surface area (Å²) in [6.07, 6.45) is 7.72. The van der Waals surface area contributed by atoms with Gasteiger partial charge in [-0.25, -0.2) is 0 Å². The third-order valence-electron chi connectivity index (χ3n) is 7.51. The molecule has 1 aromatic heterocycles. The fraction of sp³-hybridized carbons (Fsp3) is 0.406. The molecule has 3 aromatic rings. The first-order chi connectivity index (χ1) is 20.9. The molecule has 1 aliphatic heterocycles. The Labute approximate surface area is 260 Å². The zero-order valence-electron chi connectivity index (χ0n) is 24.7. The lowest BCUT2D eigenvalue weighted by molar-refractivity contribution is -0.119. The van der Waals surface area contributed by atoms with Gasteiger partial charge < -0.3 is 20.1 Å². The van der Waals surface area contributed by atoms with Crippen LogP contribution in [0, 0.1) is 5.92 Å². The average molecular weight is 620 g/mol. The van der Waals surface area contributed by atoms with Crippen LogP contribution in [0.2, 0.25) is 0 Å². The van der Waals surface area contributed by atoms with Gasteiger partial charge in [-0.2, -0.15) is 0 Å². The van der Waals surface area contributed by atoms with E-state index in [0.29, 0.717) is 5.13 Å². The molecule has 2 amide bonds. The van der Waals surface area contributed by atoms with Gasteiger partial charge in [0.05, 0.1) is 43.2 Å². The number of carbonyl (C=O) groups excluding carboxylic acids is 2. The number of hydrogen-bond donors (Lipinski definition) is 2. The third kappa shape index (κ3) is 8.67. The largest absolute Gasteiger partial charge is 0.497 e. The predicted octanol–water partition coefficient (Wildman–Crippen LogP) is 6.13. The zero-order chi connectivity index (χ0) is 30.2. The molecule has 2 heterocycles. The second kappa shape index (κ2) is 14.7. The SMILES string of the molecule is COc1cccc(CC(=O)NC2=CC(C)N=C(C3CCCCC(c4nnc(NC(=O)Cc5cccc(OC)c5)s4)C3)S2)c1. The van der Waals surface area contributed by atoms with Crippen LogP contribution < -0.4 is 20.1 Å². The van der Waals surface area contributed by atoms with E-state index in [1.165, 1.54) is 11.3 Å². The number of aromatic nitrogens is 2. The van der Waals surface area contributed by atoms with Crippen molar-refractivity contribution < 1.29 is 19.1 Å². The van der Waals surface area contributed by atoms with Gasteiger partial charge >= 0.3 is 0 Å². The van der Waals surface area contributed by atoms with Crippen molar-refractivity contribution in [2.45, 2.75) is 63.8 Å². The first kappa shape index (κ1) is 30.7. The number of rotatable bonds is 10. The van der Waals surface area contributed by atoms with E-state index in [9.17, 15) is 9.59 Å².